The fourth-order valence-electron chi connectivity index (χ4n) is 2.71. The number of nitrogens with zero attached hydrogens (tertiary/aromatic N) is 2. The molecular formula is C20H26N2O4. The van der Waals surface area contributed by atoms with Crippen molar-refractivity contribution < 1.29 is 19.1 Å². The van der Waals surface area contributed by atoms with Crippen molar-refractivity contribution in [3.8, 4) is 12.3 Å². The lowest BCUT2D eigenvalue weighted by Gasteiger charge is -2.36. The molecular weight excluding hydrogens is 332 g/mol. The van der Waals surface area contributed by atoms with Crippen LogP contribution in [-0.2, 0) is 9.47 Å². The van der Waals surface area contributed by atoms with Crippen LogP contribution < -0.4 is 4.90 Å². The van der Waals surface area contributed by atoms with Gasteiger partial charge < -0.3 is 19.3 Å². The van der Waals surface area contributed by atoms with E-state index in [0.717, 1.165) is 5.69 Å². The summed E-state index contributed by atoms with van der Waals surface area (Å²) < 4.78 is 10.5. The number of amides is 1. The molecule has 2 rings (SSSR count). The lowest BCUT2D eigenvalue weighted by molar-refractivity contribution is 0.0240. The molecule has 0 spiro atoms. The summed E-state index contributed by atoms with van der Waals surface area (Å²) in [6.07, 6.45) is 5.19. The average molecular weight is 358 g/mol. The van der Waals surface area contributed by atoms with Crippen molar-refractivity contribution in [2.45, 2.75) is 33.3 Å². The first-order valence-electron chi connectivity index (χ1n) is 8.76. The van der Waals surface area contributed by atoms with Gasteiger partial charge in [0.1, 0.15) is 5.60 Å². The molecule has 26 heavy (non-hydrogen) atoms. The minimum atomic E-state index is -0.506. The third-order valence-electron chi connectivity index (χ3n) is 3.95. The van der Waals surface area contributed by atoms with Gasteiger partial charge in [-0.05, 0) is 45.9 Å². The van der Waals surface area contributed by atoms with Gasteiger partial charge in [0.25, 0.3) is 0 Å². The second-order valence-corrected chi connectivity index (χ2v) is 7.05. The van der Waals surface area contributed by atoms with E-state index in [0.29, 0.717) is 43.9 Å². The summed E-state index contributed by atoms with van der Waals surface area (Å²) in [4.78, 5) is 28.1. The van der Waals surface area contributed by atoms with E-state index in [2.05, 4.69) is 10.8 Å². The van der Waals surface area contributed by atoms with E-state index in [4.69, 9.17) is 15.9 Å². The molecule has 1 amide bonds. The molecule has 1 heterocycles. The number of anilines is 1. The van der Waals surface area contributed by atoms with Crippen molar-refractivity contribution in [1.82, 2.24) is 4.90 Å². The van der Waals surface area contributed by atoms with Crippen LogP contribution in [0, 0.1) is 12.3 Å². The van der Waals surface area contributed by atoms with Crippen molar-refractivity contribution in [2.24, 2.45) is 0 Å². The van der Waals surface area contributed by atoms with Crippen LogP contribution in [0.15, 0.2) is 18.2 Å². The highest BCUT2D eigenvalue weighted by molar-refractivity contribution is 5.93. The number of piperazine rings is 1. The van der Waals surface area contributed by atoms with Crippen molar-refractivity contribution in [3.05, 3.63) is 29.3 Å². The minimum absolute atomic E-state index is 0.293. The fraction of sp³-hybridized carbons (Fsp3) is 0.500. The van der Waals surface area contributed by atoms with Crippen LogP contribution in [-0.4, -0.2) is 55.3 Å². The third kappa shape index (κ3) is 4.92. The van der Waals surface area contributed by atoms with Crippen molar-refractivity contribution >= 4 is 17.7 Å². The normalized spacial score (nSPS) is 14.6. The Kier molecular flexibility index (Phi) is 6.14. The molecule has 1 saturated heterocycles. The third-order valence-corrected chi connectivity index (χ3v) is 3.95. The zero-order valence-electron chi connectivity index (χ0n) is 15.9. The maximum atomic E-state index is 12.2. The van der Waals surface area contributed by atoms with Gasteiger partial charge in [0.2, 0.25) is 0 Å². The summed E-state index contributed by atoms with van der Waals surface area (Å²) in [6, 6.07) is 5.40. The van der Waals surface area contributed by atoms with Gasteiger partial charge in [-0.25, -0.2) is 9.59 Å². The number of esters is 1. The van der Waals surface area contributed by atoms with E-state index in [-0.39, 0.29) is 6.09 Å². The topological polar surface area (TPSA) is 59.1 Å². The van der Waals surface area contributed by atoms with E-state index < -0.39 is 11.6 Å². The second kappa shape index (κ2) is 8.13. The number of rotatable bonds is 3. The highest BCUT2D eigenvalue weighted by Gasteiger charge is 2.26. The van der Waals surface area contributed by atoms with Crippen LogP contribution in [0.25, 0.3) is 0 Å². The predicted octanol–water partition coefficient (Wildman–Crippen LogP) is 2.90. The molecule has 1 aliphatic rings. The molecule has 0 bridgehead atoms. The minimum Gasteiger partial charge on any atom is -0.462 e. The van der Waals surface area contributed by atoms with Crippen molar-refractivity contribution in [1.29, 1.82) is 0 Å². The second-order valence-electron chi connectivity index (χ2n) is 7.05. The van der Waals surface area contributed by atoms with Gasteiger partial charge in [-0.1, -0.05) is 5.92 Å². The monoisotopic (exact) mass is 358 g/mol. The molecule has 0 atom stereocenters. The van der Waals surface area contributed by atoms with E-state index in [1.54, 1.807) is 24.0 Å². The van der Waals surface area contributed by atoms with E-state index >= 15 is 0 Å². The fourth-order valence-corrected chi connectivity index (χ4v) is 2.71. The molecule has 6 nitrogen and oxygen atoms in total. The zero-order valence-corrected chi connectivity index (χ0v) is 15.9. The number of hydrogen-bond acceptors (Lipinski definition) is 5. The first kappa shape index (κ1) is 19.6. The number of hydrogen-bond donors (Lipinski definition) is 0. The number of carbonyl (C=O) groups is 2. The maximum absolute atomic E-state index is 12.2. The van der Waals surface area contributed by atoms with Gasteiger partial charge in [-0.3, -0.25) is 0 Å². The van der Waals surface area contributed by atoms with Crippen LogP contribution in [0.4, 0.5) is 10.5 Å². The van der Waals surface area contributed by atoms with Crippen LogP contribution >= 0.6 is 0 Å². The van der Waals surface area contributed by atoms with Crippen LogP contribution in [0.1, 0.15) is 43.6 Å². The summed E-state index contributed by atoms with van der Waals surface area (Å²) in [7, 11) is 0. The van der Waals surface area contributed by atoms with Crippen LogP contribution in [0.5, 0.6) is 0 Å². The van der Waals surface area contributed by atoms with E-state index in [1.807, 2.05) is 26.8 Å². The lowest BCUT2D eigenvalue weighted by Crippen LogP contribution is -2.50. The number of carbonyl (C=O) groups excluding carboxylic acids is 2. The Balaban J connectivity index is 2.07. The highest BCUT2D eigenvalue weighted by atomic mass is 16.6. The first-order valence-corrected chi connectivity index (χ1v) is 8.76. The van der Waals surface area contributed by atoms with E-state index in [1.165, 1.54) is 0 Å². The summed E-state index contributed by atoms with van der Waals surface area (Å²) >= 11 is 0. The maximum Gasteiger partial charge on any atom is 0.410 e. The van der Waals surface area contributed by atoms with Crippen molar-refractivity contribution in [3.63, 3.8) is 0 Å². The van der Waals surface area contributed by atoms with Crippen LogP contribution in [0.2, 0.25) is 0 Å². The Morgan fingerprint density at radius 3 is 2.38 bits per heavy atom. The largest absolute Gasteiger partial charge is 0.462 e. The molecule has 6 heteroatoms. The first-order chi connectivity index (χ1) is 12.2. The average Bonchev–Trinajstić information content (AvgIpc) is 2.60. The van der Waals surface area contributed by atoms with Gasteiger partial charge >= 0.3 is 12.1 Å². The smallest absolute Gasteiger partial charge is 0.410 e. The molecule has 140 valence electrons. The Morgan fingerprint density at radius 1 is 1.19 bits per heavy atom. The molecule has 0 saturated carbocycles. The Bertz CT molecular complexity index is 708. The van der Waals surface area contributed by atoms with Crippen LogP contribution in [0.3, 0.4) is 0 Å². The molecule has 1 aliphatic heterocycles. The lowest BCUT2D eigenvalue weighted by atomic mass is 10.1. The summed E-state index contributed by atoms with van der Waals surface area (Å²) in [6.45, 7) is 10.0. The zero-order chi connectivity index (χ0) is 19.3. The molecule has 0 aliphatic carbocycles. The summed E-state index contributed by atoms with van der Waals surface area (Å²) in [5.41, 5.74) is 1.28. The predicted molar refractivity (Wildman–Crippen MR) is 100 cm³/mol. The SMILES string of the molecule is C#Cc1ccc(N2CCN(C(=O)OC(C)(C)C)CC2)cc1C(=O)OCC. The molecule has 0 N–H and O–H groups in total. The van der Waals surface area contributed by atoms with Gasteiger partial charge in [0.05, 0.1) is 12.2 Å². The Morgan fingerprint density at radius 2 is 1.85 bits per heavy atom. The molecule has 0 radical (unpaired) electrons. The Labute approximate surface area is 155 Å². The van der Waals surface area contributed by atoms with Gasteiger partial charge in [0, 0.05) is 37.4 Å². The molecule has 0 aromatic heterocycles. The standard InChI is InChI=1S/C20H26N2O4/c1-6-15-8-9-16(14-17(15)18(23)25-7-2)21-10-12-22(13-11-21)19(24)26-20(3,4)5/h1,8-9,14H,7,10-13H2,2-5H3. The van der Waals surface area contributed by atoms with Gasteiger partial charge in [-0.2, -0.15) is 0 Å². The Hall–Kier alpha value is -2.68. The van der Waals surface area contributed by atoms with Gasteiger partial charge in [-0.15, -0.1) is 6.42 Å². The van der Waals surface area contributed by atoms with Crippen molar-refractivity contribution in [2.75, 3.05) is 37.7 Å². The number of terminal acetylenes is 1. The summed E-state index contributed by atoms with van der Waals surface area (Å²) in [5, 5.41) is 0. The quantitative estimate of drug-likeness (QED) is 0.614. The summed E-state index contributed by atoms with van der Waals surface area (Å²) in [5.74, 6) is 2.10. The molecule has 1 aromatic carbocycles. The number of ether oxygens (including phenoxy) is 2. The number of benzene rings is 1. The highest BCUT2D eigenvalue weighted by Crippen LogP contribution is 2.22. The molecule has 0 unspecified atom stereocenters. The molecule has 1 fully saturated rings. The molecule has 1 aromatic rings. The van der Waals surface area contributed by atoms with E-state index in [9.17, 15) is 9.59 Å². The van der Waals surface area contributed by atoms with Gasteiger partial charge in [0.15, 0.2) is 0 Å².